The second kappa shape index (κ2) is 12.1. The first-order chi connectivity index (χ1) is 18.3. The molecule has 2 aliphatic carbocycles. The Morgan fingerprint density at radius 2 is 0.947 bits per heavy atom. The second-order valence-electron chi connectivity index (χ2n) is 10.3. The van der Waals surface area contributed by atoms with Gasteiger partial charge in [-0.2, -0.15) is 0 Å². The van der Waals surface area contributed by atoms with Gasteiger partial charge in [-0.25, -0.2) is 0 Å². The maximum absolute atomic E-state index is 2.50. The second-order valence-corrected chi connectivity index (χ2v) is 11.6. The quantitative estimate of drug-likeness (QED) is 0.181. The average molecular weight is 586 g/mol. The summed E-state index contributed by atoms with van der Waals surface area (Å²) >= 11 is 0. The molecule has 0 N–H and O–H groups in total. The van der Waals surface area contributed by atoms with Crippen LogP contribution in [0.15, 0.2) is 108 Å². The average Bonchev–Trinajstić information content (AvgIpc) is 3.51. The van der Waals surface area contributed by atoms with Crippen molar-refractivity contribution in [3.63, 3.8) is 0 Å². The van der Waals surface area contributed by atoms with Crippen molar-refractivity contribution in [3.05, 3.63) is 130 Å². The molecule has 186 valence electrons. The largest absolute Gasteiger partial charge is 0.0626 e. The van der Waals surface area contributed by atoms with Crippen LogP contribution in [0.25, 0.3) is 34.4 Å². The van der Waals surface area contributed by atoms with Crippen molar-refractivity contribution < 1.29 is 26.2 Å². The summed E-state index contributed by atoms with van der Waals surface area (Å²) in [5, 5.41) is 0. The zero-order chi connectivity index (χ0) is 25.2. The number of fused-ring (bicyclic) bond motifs is 2. The van der Waals surface area contributed by atoms with Crippen LogP contribution in [0.4, 0.5) is 0 Å². The number of benzene rings is 4. The first kappa shape index (κ1) is 27.0. The zero-order valence-corrected chi connectivity index (χ0v) is 25.8. The van der Waals surface area contributed by atoms with Crippen LogP contribution < -0.4 is 0 Å². The first-order valence-electron chi connectivity index (χ1n) is 13.8. The molecule has 2 heteroatoms. The van der Waals surface area contributed by atoms with Gasteiger partial charge in [0.05, 0.1) is 0 Å². The van der Waals surface area contributed by atoms with Crippen LogP contribution in [0.3, 0.4) is 0 Å². The van der Waals surface area contributed by atoms with Gasteiger partial charge in [-0.15, -0.1) is 0 Å². The summed E-state index contributed by atoms with van der Waals surface area (Å²) in [4.78, 5) is 0. The maximum atomic E-state index is 2.50. The van der Waals surface area contributed by atoms with Gasteiger partial charge >= 0.3 is 0 Å². The summed E-state index contributed by atoms with van der Waals surface area (Å²) in [5.74, 6) is 1.13. The molecule has 0 aromatic heterocycles. The molecule has 6 rings (SSSR count). The Kier molecular flexibility index (Phi) is 8.61. The molecule has 0 heterocycles. The van der Waals surface area contributed by atoms with Gasteiger partial charge in [0.15, 0.2) is 0 Å². The summed E-state index contributed by atoms with van der Waals surface area (Å²) in [6.45, 7) is 4.65. The van der Waals surface area contributed by atoms with E-state index in [9.17, 15) is 0 Å². The van der Waals surface area contributed by atoms with Crippen LogP contribution in [0.5, 0.6) is 0 Å². The smallest absolute Gasteiger partial charge is 0.0397 e. The number of hydrogen-bond donors (Lipinski definition) is 0. The Labute approximate surface area is 249 Å². The number of rotatable bonds is 8. The predicted molar refractivity (Wildman–Crippen MR) is 161 cm³/mol. The molecule has 0 saturated carbocycles. The topological polar surface area (TPSA) is 0 Å². The van der Waals surface area contributed by atoms with E-state index in [0.29, 0.717) is 11.8 Å². The summed E-state index contributed by atoms with van der Waals surface area (Å²) < 4.78 is 0. The van der Waals surface area contributed by atoms with Gasteiger partial charge in [-0.1, -0.05) is 146 Å². The SMILES string of the molecule is CCC1=Cc2c(-c3ccccc3)cccc2C1C[Si]CC1C(CC)=Cc2c(-c3ccccc3)cccc21.[Zr]. The van der Waals surface area contributed by atoms with Crippen molar-refractivity contribution in [2.75, 3.05) is 0 Å². The zero-order valence-electron chi connectivity index (χ0n) is 22.4. The Hall–Kier alpha value is -2.54. The summed E-state index contributed by atoms with van der Waals surface area (Å²) in [6.07, 6.45) is 7.26. The van der Waals surface area contributed by atoms with E-state index in [0.717, 1.165) is 22.4 Å². The van der Waals surface area contributed by atoms with Crippen LogP contribution in [0.2, 0.25) is 12.1 Å². The van der Waals surface area contributed by atoms with E-state index in [1.165, 1.54) is 56.6 Å². The van der Waals surface area contributed by atoms with Crippen molar-refractivity contribution in [2.24, 2.45) is 0 Å². The Morgan fingerprint density at radius 1 is 0.526 bits per heavy atom. The molecule has 0 fully saturated rings. The normalized spacial score (nSPS) is 17.3. The number of allylic oxidation sites excluding steroid dienone is 2. The summed E-state index contributed by atoms with van der Waals surface area (Å²) in [7, 11) is 0.947. The molecule has 0 spiro atoms. The third-order valence-electron chi connectivity index (χ3n) is 8.27. The standard InChI is InChI=1S/C36H34Si.Zr/c1-3-25-21-33-29(27-13-7-5-8-14-27)17-11-19-31(33)35(25)23-37-24-36-26(4-2)22-34-30(18-12-20-32(34)36)28-15-9-6-10-16-28;/h5-22,35-36H,3-4,23-24H2,1-2H3;. The Bertz CT molecular complexity index is 1350. The van der Waals surface area contributed by atoms with Crippen LogP contribution in [-0.4, -0.2) is 9.52 Å². The van der Waals surface area contributed by atoms with Crippen LogP contribution in [-0.2, 0) is 26.2 Å². The minimum atomic E-state index is 0. The van der Waals surface area contributed by atoms with Gasteiger partial charge in [0, 0.05) is 47.6 Å². The molecule has 38 heavy (non-hydrogen) atoms. The maximum Gasteiger partial charge on any atom is 0.0397 e. The van der Waals surface area contributed by atoms with Gasteiger partial charge in [-0.05, 0) is 57.3 Å². The Morgan fingerprint density at radius 3 is 1.34 bits per heavy atom. The summed E-state index contributed by atoms with van der Waals surface area (Å²) in [5.41, 5.74) is 14.6. The molecular formula is C36H34SiZr. The molecule has 2 aliphatic rings. The van der Waals surface area contributed by atoms with Gasteiger partial charge in [-0.3, -0.25) is 0 Å². The van der Waals surface area contributed by atoms with Gasteiger partial charge in [0.1, 0.15) is 0 Å². The summed E-state index contributed by atoms with van der Waals surface area (Å²) in [6, 6.07) is 38.1. The van der Waals surface area contributed by atoms with Crippen molar-refractivity contribution in [3.8, 4) is 22.3 Å². The third-order valence-corrected chi connectivity index (χ3v) is 9.66. The van der Waals surface area contributed by atoms with Crippen LogP contribution >= 0.6 is 0 Å². The monoisotopic (exact) mass is 584 g/mol. The van der Waals surface area contributed by atoms with E-state index >= 15 is 0 Å². The molecular weight excluding hydrogens is 552 g/mol. The fourth-order valence-electron chi connectivity index (χ4n) is 6.36. The van der Waals surface area contributed by atoms with Gasteiger partial charge in [0.2, 0.25) is 0 Å². The van der Waals surface area contributed by atoms with Crippen molar-refractivity contribution in [1.82, 2.24) is 0 Å². The molecule has 0 nitrogen and oxygen atoms in total. The number of hydrogen-bond acceptors (Lipinski definition) is 0. The molecule has 2 unspecified atom stereocenters. The van der Waals surface area contributed by atoms with E-state index in [1.807, 2.05) is 0 Å². The van der Waals surface area contributed by atoms with E-state index < -0.39 is 0 Å². The molecule has 0 bridgehead atoms. The van der Waals surface area contributed by atoms with Crippen LogP contribution in [0, 0.1) is 0 Å². The molecule has 0 saturated heterocycles. The van der Waals surface area contributed by atoms with E-state index in [2.05, 4.69) is 123 Å². The van der Waals surface area contributed by atoms with Crippen LogP contribution in [0.1, 0.15) is 60.8 Å². The predicted octanol–water partition coefficient (Wildman–Crippen LogP) is 10.0. The third kappa shape index (κ3) is 5.06. The van der Waals surface area contributed by atoms with Gasteiger partial charge in [0.25, 0.3) is 0 Å². The first-order valence-corrected chi connectivity index (χ1v) is 15.2. The van der Waals surface area contributed by atoms with E-state index in [-0.39, 0.29) is 26.2 Å². The molecule has 2 atom stereocenters. The van der Waals surface area contributed by atoms with Crippen molar-refractivity contribution >= 4 is 21.7 Å². The fraction of sp³-hybridized carbons (Fsp3) is 0.222. The fourth-order valence-corrected chi connectivity index (χ4v) is 8.07. The molecule has 4 aromatic rings. The molecule has 2 radical (unpaired) electrons. The van der Waals surface area contributed by atoms with E-state index in [4.69, 9.17) is 0 Å². The Balaban J connectivity index is 0.00000294. The van der Waals surface area contributed by atoms with E-state index in [1.54, 1.807) is 11.1 Å². The molecule has 0 amide bonds. The van der Waals surface area contributed by atoms with Gasteiger partial charge < -0.3 is 0 Å². The molecule has 0 aliphatic heterocycles. The van der Waals surface area contributed by atoms with Crippen molar-refractivity contribution in [1.29, 1.82) is 0 Å². The minimum Gasteiger partial charge on any atom is -0.0626 e. The van der Waals surface area contributed by atoms with Crippen molar-refractivity contribution in [2.45, 2.75) is 50.6 Å². The minimum absolute atomic E-state index is 0. The molecule has 4 aromatic carbocycles.